The van der Waals surface area contributed by atoms with Crippen LogP contribution in [0.3, 0.4) is 0 Å². The van der Waals surface area contributed by atoms with Crippen LogP contribution in [-0.4, -0.2) is 11.1 Å². The van der Waals surface area contributed by atoms with Gasteiger partial charge in [-0.3, -0.25) is 0 Å². The van der Waals surface area contributed by atoms with Crippen LogP contribution in [0.15, 0.2) is 42.5 Å². The Morgan fingerprint density at radius 3 is 2.65 bits per heavy atom. The van der Waals surface area contributed by atoms with E-state index in [-0.39, 0.29) is 0 Å². The highest BCUT2D eigenvalue weighted by atomic mass is 15.2. The second-order valence-electron chi connectivity index (χ2n) is 8.41. The van der Waals surface area contributed by atoms with Gasteiger partial charge in [-0.05, 0) is 44.4 Å². The van der Waals surface area contributed by atoms with Gasteiger partial charge in [-0.15, -0.1) is 0 Å². The first-order chi connectivity index (χ1) is 12.7. The van der Waals surface area contributed by atoms with Crippen LogP contribution in [0, 0.1) is 13.8 Å². The molecule has 1 aromatic heterocycles. The lowest BCUT2D eigenvalue weighted by molar-refractivity contribution is -0.945. The lowest BCUT2D eigenvalue weighted by Gasteiger charge is -2.31. The molecule has 26 heavy (non-hydrogen) atoms. The average molecular weight is 346 g/mol. The summed E-state index contributed by atoms with van der Waals surface area (Å²) in [4.78, 5) is 1.77. The monoisotopic (exact) mass is 345 g/mol. The smallest absolute Gasteiger partial charge is 0.129 e. The first kappa shape index (κ1) is 16.1. The Morgan fingerprint density at radius 2 is 1.81 bits per heavy atom. The molecule has 1 aliphatic carbocycles. The summed E-state index contributed by atoms with van der Waals surface area (Å²) in [6, 6.07) is 16.9. The predicted octanol–water partition coefficient (Wildman–Crippen LogP) is 4.12. The number of benzene rings is 2. The largest absolute Gasteiger partial charge is 0.339 e. The molecule has 2 aromatic carbocycles. The van der Waals surface area contributed by atoms with Gasteiger partial charge >= 0.3 is 0 Å². The van der Waals surface area contributed by atoms with E-state index in [0.717, 1.165) is 6.54 Å². The fourth-order valence-corrected chi connectivity index (χ4v) is 5.30. The average Bonchev–Trinajstić information content (AvgIpc) is 2.83. The van der Waals surface area contributed by atoms with Crippen LogP contribution in [0.1, 0.15) is 53.3 Å². The van der Waals surface area contributed by atoms with Crippen molar-refractivity contribution >= 4 is 10.9 Å². The van der Waals surface area contributed by atoms with Crippen molar-refractivity contribution in [1.29, 1.82) is 0 Å². The Hall–Kier alpha value is -2.06. The number of quaternary nitrogens is 1. The maximum atomic E-state index is 2.68. The molecule has 1 aliphatic heterocycles. The molecule has 0 saturated carbocycles. The third kappa shape index (κ3) is 2.59. The van der Waals surface area contributed by atoms with Crippen molar-refractivity contribution < 1.29 is 4.90 Å². The predicted molar refractivity (Wildman–Crippen MR) is 108 cm³/mol. The Balaban J connectivity index is 1.58. The van der Waals surface area contributed by atoms with Gasteiger partial charge in [0.25, 0.3) is 0 Å². The summed E-state index contributed by atoms with van der Waals surface area (Å²) in [6.45, 7) is 8.03. The van der Waals surface area contributed by atoms with Crippen LogP contribution in [0.5, 0.6) is 0 Å². The van der Waals surface area contributed by atoms with E-state index in [4.69, 9.17) is 0 Å². The Kier molecular flexibility index (Phi) is 3.90. The highest BCUT2D eigenvalue weighted by Crippen LogP contribution is 2.37. The summed E-state index contributed by atoms with van der Waals surface area (Å²) in [5.74, 6) is 0. The van der Waals surface area contributed by atoms with E-state index in [1.807, 2.05) is 0 Å². The molecule has 1 N–H and O–H groups in total. The summed E-state index contributed by atoms with van der Waals surface area (Å²) in [5, 5.41) is 1.53. The number of fused-ring (bicyclic) bond motifs is 3. The number of hydrogen-bond donors (Lipinski definition) is 1. The fourth-order valence-electron chi connectivity index (χ4n) is 5.30. The van der Waals surface area contributed by atoms with E-state index in [9.17, 15) is 0 Å². The molecule has 2 nitrogen and oxygen atoms in total. The molecule has 5 rings (SSSR count). The third-order valence-electron chi connectivity index (χ3n) is 6.54. The lowest BCUT2D eigenvalue weighted by atomic mass is 9.90. The van der Waals surface area contributed by atoms with Crippen LogP contribution in [-0.2, 0) is 19.5 Å². The first-order valence-electron chi connectivity index (χ1n) is 10.2. The molecule has 2 heterocycles. The fraction of sp³-hybridized carbons (Fsp3) is 0.417. The quantitative estimate of drug-likeness (QED) is 0.715. The molecular formula is C24H29N2+. The molecular weight excluding hydrogens is 316 g/mol. The Bertz CT molecular complexity index is 945. The summed E-state index contributed by atoms with van der Waals surface area (Å²) in [7, 11) is 0. The van der Waals surface area contributed by atoms with Crippen LogP contribution >= 0.6 is 0 Å². The van der Waals surface area contributed by atoms with Gasteiger partial charge in [-0.2, -0.15) is 0 Å². The molecule has 3 aromatic rings. The first-order valence-corrected chi connectivity index (χ1v) is 10.2. The lowest BCUT2D eigenvalue weighted by Crippen LogP contribution is -3.11. The van der Waals surface area contributed by atoms with E-state index in [0.29, 0.717) is 6.04 Å². The topological polar surface area (TPSA) is 9.37 Å². The minimum Gasteiger partial charge on any atom is -0.339 e. The third-order valence-corrected chi connectivity index (χ3v) is 6.54. The van der Waals surface area contributed by atoms with Gasteiger partial charge in [0.05, 0.1) is 12.2 Å². The van der Waals surface area contributed by atoms with Crippen LogP contribution in [0.25, 0.3) is 10.9 Å². The van der Waals surface area contributed by atoms with Gasteiger partial charge in [0.2, 0.25) is 0 Å². The van der Waals surface area contributed by atoms with Gasteiger partial charge in [0.1, 0.15) is 12.6 Å². The van der Waals surface area contributed by atoms with Crippen molar-refractivity contribution in [2.24, 2.45) is 0 Å². The Morgan fingerprint density at radius 1 is 1.00 bits per heavy atom. The molecule has 0 fully saturated rings. The van der Waals surface area contributed by atoms with Crippen molar-refractivity contribution in [3.63, 3.8) is 0 Å². The van der Waals surface area contributed by atoms with Crippen molar-refractivity contribution in [3.05, 3.63) is 70.4 Å². The van der Waals surface area contributed by atoms with Gasteiger partial charge in [-0.25, -0.2) is 0 Å². The van der Waals surface area contributed by atoms with Gasteiger partial charge in [0, 0.05) is 35.9 Å². The summed E-state index contributed by atoms with van der Waals surface area (Å²) < 4.78 is 2.68. The minimum atomic E-state index is 0.662. The molecule has 0 radical (unpaired) electrons. The maximum Gasteiger partial charge on any atom is 0.129 e. The standard InChI is InChI=1S/C24H28N2/c1-17-7-10-19(11-8-17)16-25-13-4-14-26-22-12-9-18(2)15-21(22)20-5-3-6-23(25)24(20)26/h7-12,15,23H,3-6,13-14,16H2,1-2H3/p+1/t23-/m0/s1. The maximum absolute atomic E-state index is 2.68. The number of nitrogens with one attached hydrogen (secondary N) is 1. The molecule has 2 heteroatoms. The normalized spacial score (nSPS) is 22.2. The zero-order valence-corrected chi connectivity index (χ0v) is 16.0. The van der Waals surface area contributed by atoms with Crippen molar-refractivity contribution in [2.75, 3.05) is 6.54 Å². The van der Waals surface area contributed by atoms with Crippen LogP contribution < -0.4 is 4.90 Å². The SMILES string of the molecule is Cc1ccc(C[NH+]2CCCn3c4c(c5cc(C)ccc53)CCC[C@@H]42)cc1. The van der Waals surface area contributed by atoms with E-state index in [2.05, 4.69) is 60.9 Å². The van der Waals surface area contributed by atoms with Crippen molar-refractivity contribution in [2.45, 2.75) is 58.7 Å². The van der Waals surface area contributed by atoms with Gasteiger partial charge in [0.15, 0.2) is 0 Å². The second kappa shape index (κ2) is 6.28. The van der Waals surface area contributed by atoms with E-state index >= 15 is 0 Å². The van der Waals surface area contributed by atoms with E-state index in [1.165, 1.54) is 66.4 Å². The van der Waals surface area contributed by atoms with Crippen LogP contribution in [0.2, 0.25) is 0 Å². The number of aromatic nitrogens is 1. The zero-order valence-electron chi connectivity index (χ0n) is 16.0. The number of nitrogens with zero attached hydrogens (tertiary/aromatic N) is 1. The summed E-state index contributed by atoms with van der Waals surface area (Å²) >= 11 is 0. The molecule has 0 spiro atoms. The number of hydrogen-bond acceptors (Lipinski definition) is 0. The molecule has 0 amide bonds. The van der Waals surface area contributed by atoms with Gasteiger partial charge in [-0.1, -0.05) is 41.5 Å². The number of rotatable bonds is 2. The molecule has 1 unspecified atom stereocenters. The molecule has 2 atom stereocenters. The Labute approximate surface area is 156 Å². The summed E-state index contributed by atoms with van der Waals surface area (Å²) in [6.07, 6.45) is 5.21. The van der Waals surface area contributed by atoms with Gasteiger partial charge < -0.3 is 9.47 Å². The minimum absolute atomic E-state index is 0.662. The van der Waals surface area contributed by atoms with Crippen LogP contribution in [0.4, 0.5) is 0 Å². The summed E-state index contributed by atoms with van der Waals surface area (Å²) in [5.41, 5.74) is 9.03. The van der Waals surface area contributed by atoms with Crippen molar-refractivity contribution in [3.8, 4) is 0 Å². The van der Waals surface area contributed by atoms with E-state index < -0.39 is 0 Å². The number of aryl methyl sites for hydroxylation is 4. The van der Waals surface area contributed by atoms with Crippen molar-refractivity contribution in [1.82, 2.24) is 4.57 Å². The van der Waals surface area contributed by atoms with E-state index in [1.54, 1.807) is 16.2 Å². The molecule has 0 bridgehead atoms. The highest BCUT2D eigenvalue weighted by molar-refractivity contribution is 5.86. The highest BCUT2D eigenvalue weighted by Gasteiger charge is 2.36. The zero-order chi connectivity index (χ0) is 17.7. The molecule has 2 aliphatic rings. The second-order valence-corrected chi connectivity index (χ2v) is 8.41. The molecule has 134 valence electrons. The molecule has 0 saturated heterocycles.